The maximum absolute atomic E-state index is 13.6. The summed E-state index contributed by atoms with van der Waals surface area (Å²) < 4.78 is 6.87. The average molecular weight is 527 g/mol. The number of amides is 1. The van der Waals surface area contributed by atoms with E-state index in [-0.39, 0.29) is 24.6 Å². The molecular weight excluding hydrogens is 492 g/mol. The van der Waals surface area contributed by atoms with Crippen molar-refractivity contribution in [3.05, 3.63) is 66.2 Å². The molecule has 2 saturated carbocycles. The quantitative estimate of drug-likeness (QED) is 0.241. The van der Waals surface area contributed by atoms with E-state index in [0.29, 0.717) is 5.56 Å². The lowest BCUT2D eigenvalue weighted by atomic mass is 9.88. The predicted octanol–water partition coefficient (Wildman–Crippen LogP) is 7.77. The van der Waals surface area contributed by atoms with E-state index in [1.54, 1.807) is 17.4 Å². The molecule has 0 radical (unpaired) electrons. The molecule has 4 aromatic rings. The Hall–Kier alpha value is -3.25. The molecule has 196 valence electrons. The zero-order valence-electron chi connectivity index (χ0n) is 21.7. The van der Waals surface area contributed by atoms with Crippen molar-refractivity contribution in [2.75, 3.05) is 6.61 Å². The molecule has 0 atom stereocenters. The molecule has 38 heavy (non-hydrogen) atoms. The van der Waals surface area contributed by atoms with E-state index in [4.69, 9.17) is 9.72 Å². The number of hydrogen-bond acceptors (Lipinski definition) is 5. The molecule has 1 amide bonds. The van der Waals surface area contributed by atoms with Gasteiger partial charge >= 0.3 is 5.97 Å². The van der Waals surface area contributed by atoms with Gasteiger partial charge in [0.25, 0.3) is 5.91 Å². The van der Waals surface area contributed by atoms with Crippen LogP contribution in [0.2, 0.25) is 0 Å². The molecule has 2 aliphatic rings. The number of nitrogens with zero attached hydrogens (tertiary/aromatic N) is 2. The second kappa shape index (κ2) is 11.2. The van der Waals surface area contributed by atoms with Crippen LogP contribution in [0.5, 0.6) is 0 Å². The summed E-state index contributed by atoms with van der Waals surface area (Å²) in [4.78, 5) is 34.0. The maximum atomic E-state index is 13.6. The Balaban J connectivity index is 1.26. The molecule has 0 saturated heterocycles. The first-order valence-corrected chi connectivity index (χ1v) is 14.9. The largest absolute Gasteiger partial charge is 0.452 e. The minimum absolute atomic E-state index is 0.0382. The van der Waals surface area contributed by atoms with E-state index in [1.807, 2.05) is 48.5 Å². The minimum atomic E-state index is -0.454. The summed E-state index contributed by atoms with van der Waals surface area (Å²) in [6, 6.07) is 20.3. The van der Waals surface area contributed by atoms with Gasteiger partial charge in [0, 0.05) is 23.0 Å². The summed E-state index contributed by atoms with van der Waals surface area (Å²) in [5, 5.41) is 2.64. The molecule has 5 nitrogen and oxygen atoms in total. The van der Waals surface area contributed by atoms with E-state index in [0.717, 1.165) is 57.2 Å². The van der Waals surface area contributed by atoms with Crippen LogP contribution in [0.1, 0.15) is 74.6 Å². The Morgan fingerprint density at radius 2 is 1.47 bits per heavy atom. The number of hydrogen-bond donors (Lipinski definition) is 0. The number of ether oxygens (including phenoxy) is 1. The van der Waals surface area contributed by atoms with Crippen LogP contribution in [0, 0.1) is 0 Å². The van der Waals surface area contributed by atoms with Gasteiger partial charge in [0.15, 0.2) is 6.61 Å². The van der Waals surface area contributed by atoms with Crippen molar-refractivity contribution in [1.82, 2.24) is 9.88 Å². The molecule has 1 aromatic heterocycles. The molecule has 0 bridgehead atoms. The van der Waals surface area contributed by atoms with E-state index in [2.05, 4.69) is 11.0 Å². The van der Waals surface area contributed by atoms with Gasteiger partial charge in [0.05, 0.1) is 15.8 Å². The van der Waals surface area contributed by atoms with Gasteiger partial charge in [-0.15, -0.1) is 11.3 Å². The Labute approximate surface area is 227 Å². The van der Waals surface area contributed by atoms with Gasteiger partial charge in [-0.2, -0.15) is 0 Å². The zero-order chi connectivity index (χ0) is 25.9. The number of aromatic nitrogens is 1. The summed E-state index contributed by atoms with van der Waals surface area (Å²) in [5.41, 5.74) is 2.33. The fourth-order valence-electron chi connectivity index (χ4n) is 6.38. The third kappa shape index (κ3) is 5.06. The molecule has 6 rings (SSSR count). The van der Waals surface area contributed by atoms with E-state index >= 15 is 0 Å². The Morgan fingerprint density at radius 3 is 2.16 bits per heavy atom. The van der Waals surface area contributed by atoms with Crippen LogP contribution in [0.3, 0.4) is 0 Å². The fraction of sp³-hybridized carbons (Fsp3) is 0.406. The minimum Gasteiger partial charge on any atom is -0.452 e. The second-order valence-corrected chi connectivity index (χ2v) is 11.7. The molecule has 0 aliphatic heterocycles. The van der Waals surface area contributed by atoms with Crippen molar-refractivity contribution in [1.29, 1.82) is 0 Å². The topological polar surface area (TPSA) is 59.5 Å². The fourth-order valence-corrected chi connectivity index (χ4v) is 7.38. The van der Waals surface area contributed by atoms with E-state index in [1.165, 1.54) is 38.5 Å². The molecule has 0 spiro atoms. The van der Waals surface area contributed by atoms with Crippen LogP contribution in [-0.2, 0) is 9.53 Å². The molecule has 3 aromatic carbocycles. The highest BCUT2D eigenvalue weighted by molar-refractivity contribution is 7.21. The number of thiazole rings is 1. The van der Waals surface area contributed by atoms with Crippen molar-refractivity contribution >= 4 is 44.2 Å². The van der Waals surface area contributed by atoms with Gasteiger partial charge in [-0.1, -0.05) is 81.0 Å². The van der Waals surface area contributed by atoms with Gasteiger partial charge in [-0.3, -0.25) is 4.79 Å². The smallest absolute Gasteiger partial charge is 0.339 e. The number of benzene rings is 3. The predicted molar refractivity (Wildman–Crippen MR) is 153 cm³/mol. The molecule has 0 unspecified atom stereocenters. The summed E-state index contributed by atoms with van der Waals surface area (Å²) in [5.74, 6) is -0.492. The normalized spacial score (nSPS) is 17.1. The third-order valence-corrected chi connectivity index (χ3v) is 9.27. The Morgan fingerprint density at radius 1 is 0.816 bits per heavy atom. The number of fused-ring (bicyclic) bond motifs is 2. The van der Waals surface area contributed by atoms with Gasteiger partial charge in [-0.25, -0.2) is 9.78 Å². The second-order valence-electron chi connectivity index (χ2n) is 10.7. The standard InChI is InChI=1S/C32H34N2O3S/c35-29(34(23-13-3-1-4-14-23)24-15-5-2-6-16-24)21-37-32(36)26-18-10-12-22-11-9-17-25(30(22)26)31-33-27-19-7-8-20-28(27)38-31/h7-12,17-20,23-24H,1-6,13-16,21H2. The molecular formula is C32H34N2O3S. The number of para-hydroxylation sites is 1. The van der Waals surface area contributed by atoms with E-state index < -0.39 is 5.97 Å². The van der Waals surface area contributed by atoms with Crippen molar-refractivity contribution in [3.8, 4) is 10.6 Å². The molecule has 2 aliphatic carbocycles. The van der Waals surface area contributed by atoms with Crippen molar-refractivity contribution in [2.45, 2.75) is 76.3 Å². The summed E-state index contributed by atoms with van der Waals surface area (Å²) >= 11 is 1.62. The van der Waals surface area contributed by atoms with Crippen LogP contribution >= 0.6 is 11.3 Å². The van der Waals surface area contributed by atoms with Crippen LogP contribution in [0.4, 0.5) is 0 Å². The Bertz CT molecular complexity index is 1390. The van der Waals surface area contributed by atoms with Gasteiger partial charge in [0.1, 0.15) is 5.01 Å². The lowest BCUT2D eigenvalue weighted by Gasteiger charge is -2.41. The summed E-state index contributed by atoms with van der Waals surface area (Å²) in [6.45, 7) is -0.203. The number of rotatable bonds is 6. The van der Waals surface area contributed by atoms with Crippen LogP contribution in [0.15, 0.2) is 60.7 Å². The zero-order valence-corrected chi connectivity index (χ0v) is 22.6. The highest BCUT2D eigenvalue weighted by atomic mass is 32.1. The van der Waals surface area contributed by atoms with E-state index in [9.17, 15) is 9.59 Å². The number of carbonyl (C=O) groups excluding carboxylic acids is 2. The lowest BCUT2D eigenvalue weighted by molar-refractivity contribution is -0.141. The first kappa shape index (κ1) is 25.1. The van der Waals surface area contributed by atoms with Gasteiger partial charge < -0.3 is 9.64 Å². The summed E-state index contributed by atoms with van der Waals surface area (Å²) in [7, 11) is 0. The number of esters is 1. The monoisotopic (exact) mass is 526 g/mol. The number of carbonyl (C=O) groups is 2. The van der Waals surface area contributed by atoms with Crippen molar-refractivity contribution < 1.29 is 14.3 Å². The SMILES string of the molecule is O=C(OCC(=O)N(C1CCCCC1)C1CCCCC1)c1cccc2cccc(-c3nc4ccccc4s3)c12. The third-order valence-electron chi connectivity index (χ3n) is 8.20. The Kier molecular flexibility index (Phi) is 7.41. The van der Waals surface area contributed by atoms with Crippen LogP contribution in [0.25, 0.3) is 31.6 Å². The van der Waals surface area contributed by atoms with Crippen molar-refractivity contribution in [3.63, 3.8) is 0 Å². The highest BCUT2D eigenvalue weighted by Gasteiger charge is 2.33. The molecule has 1 heterocycles. The maximum Gasteiger partial charge on any atom is 0.339 e. The molecule has 0 N–H and O–H groups in total. The van der Waals surface area contributed by atoms with Crippen LogP contribution < -0.4 is 0 Å². The first-order valence-electron chi connectivity index (χ1n) is 14.0. The lowest BCUT2D eigenvalue weighted by Crippen LogP contribution is -2.50. The summed E-state index contributed by atoms with van der Waals surface area (Å²) in [6.07, 6.45) is 11.4. The molecule has 2 fully saturated rings. The average Bonchev–Trinajstić information content (AvgIpc) is 3.41. The van der Waals surface area contributed by atoms with Gasteiger partial charge in [0.2, 0.25) is 0 Å². The van der Waals surface area contributed by atoms with Gasteiger partial charge in [-0.05, 0) is 49.3 Å². The van der Waals surface area contributed by atoms with Crippen molar-refractivity contribution in [2.24, 2.45) is 0 Å². The first-order chi connectivity index (χ1) is 18.7. The van der Waals surface area contributed by atoms with Crippen LogP contribution in [-0.4, -0.2) is 40.5 Å². The highest BCUT2D eigenvalue weighted by Crippen LogP contribution is 2.36. The molecule has 6 heteroatoms.